The monoisotopic (exact) mass is 293 g/mol. The maximum atomic E-state index is 4.45. The first kappa shape index (κ1) is 14.4. The standard InChI is InChI=1S/C12H19N7S/c1-4-19(5-2)12-17-10(13-3)16-11(18-12)15-8-9-14-6-7-20-9/h6-7H,4-5,8H2,1-3H3,(H2,13,15,16,17,18). The van der Waals surface area contributed by atoms with Crippen molar-refractivity contribution in [3.63, 3.8) is 0 Å². The number of hydrogen-bond donors (Lipinski definition) is 2. The van der Waals surface area contributed by atoms with E-state index in [0.29, 0.717) is 24.4 Å². The number of aromatic nitrogens is 4. The van der Waals surface area contributed by atoms with Gasteiger partial charge >= 0.3 is 0 Å². The van der Waals surface area contributed by atoms with Crippen molar-refractivity contribution in [3.05, 3.63) is 16.6 Å². The Morgan fingerprint density at radius 3 is 2.50 bits per heavy atom. The van der Waals surface area contributed by atoms with E-state index in [-0.39, 0.29) is 0 Å². The average molecular weight is 293 g/mol. The Bertz CT molecular complexity index is 525. The van der Waals surface area contributed by atoms with Crippen LogP contribution in [-0.2, 0) is 6.54 Å². The summed E-state index contributed by atoms with van der Waals surface area (Å²) in [5.74, 6) is 1.79. The third-order valence-corrected chi connectivity index (χ3v) is 3.55. The minimum Gasteiger partial charge on any atom is -0.357 e. The van der Waals surface area contributed by atoms with Gasteiger partial charge < -0.3 is 15.5 Å². The zero-order valence-electron chi connectivity index (χ0n) is 11.9. The van der Waals surface area contributed by atoms with Gasteiger partial charge in [-0.2, -0.15) is 15.0 Å². The van der Waals surface area contributed by atoms with Gasteiger partial charge in [-0.1, -0.05) is 0 Å². The fourth-order valence-electron chi connectivity index (χ4n) is 1.70. The van der Waals surface area contributed by atoms with Gasteiger partial charge in [-0.05, 0) is 13.8 Å². The second-order valence-corrected chi connectivity index (χ2v) is 4.96. The van der Waals surface area contributed by atoms with Crippen LogP contribution in [-0.4, -0.2) is 40.1 Å². The van der Waals surface area contributed by atoms with Crippen molar-refractivity contribution >= 4 is 29.2 Å². The molecular weight excluding hydrogens is 274 g/mol. The highest BCUT2D eigenvalue weighted by atomic mass is 32.1. The maximum absolute atomic E-state index is 4.45. The predicted octanol–water partition coefficient (Wildman–Crippen LogP) is 1.83. The van der Waals surface area contributed by atoms with E-state index in [9.17, 15) is 0 Å². The SMILES string of the molecule is CCN(CC)c1nc(NC)nc(NCc2nccs2)n1. The van der Waals surface area contributed by atoms with Crippen LogP contribution < -0.4 is 15.5 Å². The highest BCUT2D eigenvalue weighted by Crippen LogP contribution is 2.14. The van der Waals surface area contributed by atoms with Crippen LogP contribution in [0.15, 0.2) is 11.6 Å². The molecule has 0 aliphatic heterocycles. The Balaban J connectivity index is 2.16. The number of nitrogens with one attached hydrogen (secondary N) is 2. The third kappa shape index (κ3) is 3.53. The third-order valence-electron chi connectivity index (χ3n) is 2.77. The molecule has 0 fully saturated rings. The van der Waals surface area contributed by atoms with E-state index < -0.39 is 0 Å². The highest BCUT2D eigenvalue weighted by Gasteiger charge is 2.10. The topological polar surface area (TPSA) is 78.9 Å². The molecular formula is C12H19N7S. The summed E-state index contributed by atoms with van der Waals surface area (Å²) >= 11 is 1.60. The maximum Gasteiger partial charge on any atom is 0.231 e. The first-order valence-corrected chi connectivity index (χ1v) is 7.45. The van der Waals surface area contributed by atoms with Gasteiger partial charge in [0.1, 0.15) is 5.01 Å². The van der Waals surface area contributed by atoms with Crippen molar-refractivity contribution in [3.8, 4) is 0 Å². The second-order valence-electron chi connectivity index (χ2n) is 3.98. The molecule has 0 radical (unpaired) electrons. The van der Waals surface area contributed by atoms with Gasteiger partial charge in [-0.3, -0.25) is 0 Å². The quantitative estimate of drug-likeness (QED) is 0.806. The van der Waals surface area contributed by atoms with E-state index in [1.807, 2.05) is 5.38 Å². The van der Waals surface area contributed by atoms with Crippen LogP contribution in [0.5, 0.6) is 0 Å². The van der Waals surface area contributed by atoms with Crippen LogP contribution in [0.4, 0.5) is 17.8 Å². The molecule has 0 bridgehead atoms. The molecule has 0 spiro atoms. The minimum absolute atomic E-state index is 0.557. The summed E-state index contributed by atoms with van der Waals surface area (Å²) in [6.07, 6.45) is 1.79. The van der Waals surface area contributed by atoms with Gasteiger partial charge in [0, 0.05) is 31.7 Å². The fraction of sp³-hybridized carbons (Fsp3) is 0.500. The molecule has 7 nitrogen and oxygen atoms in total. The van der Waals surface area contributed by atoms with E-state index in [2.05, 4.69) is 49.3 Å². The van der Waals surface area contributed by atoms with E-state index in [4.69, 9.17) is 0 Å². The molecule has 108 valence electrons. The number of rotatable bonds is 7. The summed E-state index contributed by atoms with van der Waals surface area (Å²) < 4.78 is 0. The molecule has 0 amide bonds. The molecule has 0 unspecified atom stereocenters. The van der Waals surface area contributed by atoms with E-state index in [0.717, 1.165) is 18.1 Å². The van der Waals surface area contributed by atoms with Gasteiger partial charge in [-0.25, -0.2) is 4.98 Å². The van der Waals surface area contributed by atoms with Crippen LogP contribution in [0.3, 0.4) is 0 Å². The van der Waals surface area contributed by atoms with Crippen molar-refractivity contribution in [2.45, 2.75) is 20.4 Å². The smallest absolute Gasteiger partial charge is 0.231 e. The Labute approximate surface area is 122 Å². The molecule has 2 heterocycles. The zero-order valence-corrected chi connectivity index (χ0v) is 12.7. The number of anilines is 3. The zero-order chi connectivity index (χ0) is 14.4. The van der Waals surface area contributed by atoms with E-state index in [1.54, 1.807) is 24.6 Å². The highest BCUT2D eigenvalue weighted by molar-refractivity contribution is 7.09. The summed E-state index contributed by atoms with van der Waals surface area (Å²) in [6.45, 7) is 6.48. The van der Waals surface area contributed by atoms with Crippen LogP contribution in [0, 0.1) is 0 Å². The van der Waals surface area contributed by atoms with Gasteiger partial charge in [-0.15, -0.1) is 11.3 Å². The van der Waals surface area contributed by atoms with Crippen molar-refractivity contribution in [1.29, 1.82) is 0 Å². The molecule has 2 rings (SSSR count). The van der Waals surface area contributed by atoms with Crippen LogP contribution >= 0.6 is 11.3 Å². The second kappa shape index (κ2) is 6.99. The molecule has 0 saturated carbocycles. The Morgan fingerprint density at radius 2 is 1.90 bits per heavy atom. The number of thiazole rings is 1. The van der Waals surface area contributed by atoms with Crippen LogP contribution in [0.1, 0.15) is 18.9 Å². The lowest BCUT2D eigenvalue weighted by atomic mass is 10.5. The molecule has 2 aromatic rings. The molecule has 0 aliphatic rings. The fourth-order valence-corrected chi connectivity index (χ4v) is 2.25. The first-order chi connectivity index (χ1) is 9.76. The molecule has 2 aromatic heterocycles. The van der Waals surface area contributed by atoms with Crippen molar-refractivity contribution < 1.29 is 0 Å². The van der Waals surface area contributed by atoms with E-state index >= 15 is 0 Å². The van der Waals surface area contributed by atoms with E-state index in [1.165, 1.54) is 0 Å². The van der Waals surface area contributed by atoms with Crippen molar-refractivity contribution in [1.82, 2.24) is 19.9 Å². The van der Waals surface area contributed by atoms with Crippen molar-refractivity contribution in [2.75, 3.05) is 35.7 Å². The van der Waals surface area contributed by atoms with Gasteiger partial charge in [0.2, 0.25) is 17.8 Å². The minimum atomic E-state index is 0.557. The summed E-state index contributed by atoms with van der Waals surface area (Å²) in [5, 5.41) is 9.10. The average Bonchev–Trinajstić information content (AvgIpc) is 2.99. The molecule has 0 saturated heterocycles. The first-order valence-electron chi connectivity index (χ1n) is 6.57. The molecule has 0 atom stereocenters. The Hall–Kier alpha value is -1.96. The lowest BCUT2D eigenvalue weighted by Gasteiger charge is -2.19. The van der Waals surface area contributed by atoms with Gasteiger partial charge in [0.15, 0.2) is 0 Å². The van der Waals surface area contributed by atoms with Crippen LogP contribution in [0.2, 0.25) is 0 Å². The van der Waals surface area contributed by atoms with Crippen LogP contribution in [0.25, 0.3) is 0 Å². The Kier molecular flexibility index (Phi) is 5.05. The molecule has 20 heavy (non-hydrogen) atoms. The number of nitrogens with zero attached hydrogens (tertiary/aromatic N) is 5. The lowest BCUT2D eigenvalue weighted by molar-refractivity contribution is 0.812. The number of hydrogen-bond acceptors (Lipinski definition) is 8. The molecule has 0 aliphatic carbocycles. The largest absolute Gasteiger partial charge is 0.357 e. The summed E-state index contributed by atoms with van der Waals surface area (Å²) in [6, 6.07) is 0. The molecule has 0 aromatic carbocycles. The Morgan fingerprint density at radius 1 is 1.15 bits per heavy atom. The molecule has 2 N–H and O–H groups in total. The lowest BCUT2D eigenvalue weighted by Crippen LogP contribution is -2.25. The molecule has 8 heteroatoms. The summed E-state index contributed by atoms with van der Waals surface area (Å²) in [7, 11) is 1.80. The van der Waals surface area contributed by atoms with Gasteiger partial charge in [0.25, 0.3) is 0 Å². The predicted molar refractivity (Wildman–Crippen MR) is 82.4 cm³/mol. The van der Waals surface area contributed by atoms with Gasteiger partial charge in [0.05, 0.1) is 6.54 Å². The summed E-state index contributed by atoms with van der Waals surface area (Å²) in [5.41, 5.74) is 0. The summed E-state index contributed by atoms with van der Waals surface area (Å²) in [4.78, 5) is 19.4. The normalized spacial score (nSPS) is 10.3. The van der Waals surface area contributed by atoms with Crippen molar-refractivity contribution in [2.24, 2.45) is 0 Å².